The lowest BCUT2D eigenvalue weighted by molar-refractivity contribution is -0.121. The number of nitrogens with zero attached hydrogens (tertiary/aromatic N) is 2. The summed E-state index contributed by atoms with van der Waals surface area (Å²) < 4.78 is 26.7. The molecule has 1 fully saturated rings. The molecule has 0 aliphatic carbocycles. The van der Waals surface area contributed by atoms with Crippen molar-refractivity contribution in [3.8, 4) is 0 Å². The molecule has 2 rings (SSSR count). The lowest BCUT2D eigenvalue weighted by Crippen LogP contribution is -2.52. The second-order valence-corrected chi connectivity index (χ2v) is 7.97. The van der Waals surface area contributed by atoms with Crippen LogP contribution in [-0.2, 0) is 14.8 Å². The predicted molar refractivity (Wildman–Crippen MR) is 98.4 cm³/mol. The van der Waals surface area contributed by atoms with E-state index >= 15 is 0 Å². The van der Waals surface area contributed by atoms with E-state index in [4.69, 9.17) is 11.6 Å². The van der Waals surface area contributed by atoms with Crippen molar-refractivity contribution in [2.24, 2.45) is 0 Å². The molecule has 8 nitrogen and oxygen atoms in total. The van der Waals surface area contributed by atoms with Gasteiger partial charge in [0.25, 0.3) is 0 Å². The highest BCUT2D eigenvalue weighted by Crippen LogP contribution is 2.24. The molecule has 1 aliphatic heterocycles. The number of carbonyl (C=O) groups is 2. The van der Waals surface area contributed by atoms with Crippen molar-refractivity contribution in [1.29, 1.82) is 0 Å². The smallest absolute Gasteiger partial charge is 0.321 e. The molecule has 0 bridgehead atoms. The zero-order chi connectivity index (χ0) is 19.2. The Morgan fingerprint density at radius 3 is 2.46 bits per heavy atom. The standard InChI is InChI=1S/C16H21ClN4O4S/c1-2-7-18-16(23)19-15(22)12-20-8-10-21(11-9-20)26(24,25)14-6-4-3-5-13(14)17/h2-6H,1,7-12H2,(H2,18,19,22,23). The van der Waals surface area contributed by atoms with Crippen LogP contribution in [0, 0.1) is 0 Å². The SMILES string of the molecule is C=CCNC(=O)NC(=O)CN1CCN(S(=O)(=O)c2ccccc2Cl)CC1. The Morgan fingerprint density at radius 1 is 1.19 bits per heavy atom. The number of halogens is 1. The molecule has 1 aromatic carbocycles. The number of sulfonamides is 1. The van der Waals surface area contributed by atoms with E-state index in [2.05, 4.69) is 17.2 Å². The molecule has 0 atom stereocenters. The number of hydrogen-bond acceptors (Lipinski definition) is 5. The highest BCUT2D eigenvalue weighted by Gasteiger charge is 2.30. The molecule has 3 amide bonds. The number of benzene rings is 1. The first-order chi connectivity index (χ1) is 12.3. The summed E-state index contributed by atoms with van der Waals surface area (Å²) in [6.07, 6.45) is 1.50. The van der Waals surface area contributed by atoms with Crippen LogP contribution in [0.4, 0.5) is 4.79 Å². The topological polar surface area (TPSA) is 98.8 Å². The molecular weight excluding hydrogens is 380 g/mol. The minimum Gasteiger partial charge on any atom is -0.334 e. The minimum absolute atomic E-state index is 0.0154. The van der Waals surface area contributed by atoms with E-state index in [0.29, 0.717) is 13.1 Å². The van der Waals surface area contributed by atoms with Crippen LogP contribution in [0.1, 0.15) is 0 Å². The summed E-state index contributed by atoms with van der Waals surface area (Å²) in [5, 5.41) is 4.83. The fourth-order valence-corrected chi connectivity index (χ4v) is 4.41. The summed E-state index contributed by atoms with van der Waals surface area (Å²) in [6, 6.07) is 5.71. The maximum Gasteiger partial charge on any atom is 0.321 e. The van der Waals surface area contributed by atoms with Gasteiger partial charge < -0.3 is 5.32 Å². The second-order valence-electron chi connectivity index (χ2n) is 5.66. The van der Waals surface area contributed by atoms with Crippen LogP contribution < -0.4 is 10.6 Å². The summed E-state index contributed by atoms with van der Waals surface area (Å²) in [7, 11) is -3.67. The maximum atomic E-state index is 12.7. The van der Waals surface area contributed by atoms with E-state index < -0.39 is 22.0 Å². The van der Waals surface area contributed by atoms with Crippen LogP contribution in [0.5, 0.6) is 0 Å². The van der Waals surface area contributed by atoms with Crippen molar-refractivity contribution < 1.29 is 18.0 Å². The molecule has 1 heterocycles. The van der Waals surface area contributed by atoms with Gasteiger partial charge in [-0.2, -0.15) is 4.31 Å². The quantitative estimate of drug-likeness (QED) is 0.683. The third-order valence-corrected chi connectivity index (χ3v) is 6.21. The van der Waals surface area contributed by atoms with Crippen LogP contribution in [0.15, 0.2) is 41.8 Å². The second kappa shape index (κ2) is 9.13. The van der Waals surface area contributed by atoms with Gasteiger partial charge in [0, 0.05) is 32.7 Å². The Labute approximate surface area is 157 Å². The predicted octanol–water partition coefficient (Wildman–Crippen LogP) is 0.658. The molecule has 0 unspecified atom stereocenters. The van der Waals surface area contributed by atoms with Crippen molar-refractivity contribution in [2.75, 3.05) is 39.3 Å². The fraction of sp³-hybridized carbons (Fsp3) is 0.375. The molecule has 2 N–H and O–H groups in total. The number of urea groups is 1. The third-order valence-electron chi connectivity index (χ3n) is 3.81. The lowest BCUT2D eigenvalue weighted by atomic mass is 10.3. The van der Waals surface area contributed by atoms with Crippen molar-refractivity contribution in [2.45, 2.75) is 4.90 Å². The summed E-state index contributed by atoms with van der Waals surface area (Å²) in [5.41, 5.74) is 0. The summed E-state index contributed by atoms with van der Waals surface area (Å²) in [5.74, 6) is -0.450. The van der Waals surface area contributed by atoms with Crippen molar-refractivity contribution in [3.05, 3.63) is 41.9 Å². The first kappa shape index (κ1) is 20.4. The number of piperazine rings is 1. The highest BCUT2D eigenvalue weighted by atomic mass is 35.5. The molecule has 1 aliphatic rings. The van der Waals surface area contributed by atoms with Gasteiger partial charge in [-0.1, -0.05) is 29.8 Å². The molecule has 10 heteroatoms. The van der Waals surface area contributed by atoms with E-state index in [-0.39, 0.29) is 36.1 Å². The van der Waals surface area contributed by atoms with Gasteiger partial charge in [0.2, 0.25) is 15.9 Å². The van der Waals surface area contributed by atoms with E-state index in [1.165, 1.54) is 22.5 Å². The van der Waals surface area contributed by atoms with Gasteiger partial charge in [-0.3, -0.25) is 15.0 Å². The molecule has 1 aromatic rings. The molecule has 26 heavy (non-hydrogen) atoms. The Hall–Kier alpha value is -1.94. The highest BCUT2D eigenvalue weighted by molar-refractivity contribution is 7.89. The minimum atomic E-state index is -3.67. The molecule has 0 aromatic heterocycles. The lowest BCUT2D eigenvalue weighted by Gasteiger charge is -2.33. The van der Waals surface area contributed by atoms with Gasteiger partial charge >= 0.3 is 6.03 Å². The molecular formula is C16H21ClN4O4S. The van der Waals surface area contributed by atoms with E-state index in [0.717, 1.165) is 0 Å². The first-order valence-corrected chi connectivity index (χ1v) is 9.82. The summed E-state index contributed by atoms with van der Waals surface area (Å²) >= 11 is 6.00. The number of amides is 3. The van der Waals surface area contributed by atoms with Crippen molar-refractivity contribution in [3.63, 3.8) is 0 Å². The normalized spacial score (nSPS) is 16.0. The van der Waals surface area contributed by atoms with Gasteiger partial charge in [0.1, 0.15) is 4.90 Å². The summed E-state index contributed by atoms with van der Waals surface area (Å²) in [4.78, 5) is 25.1. The Morgan fingerprint density at radius 2 is 1.85 bits per heavy atom. The first-order valence-electron chi connectivity index (χ1n) is 8.00. The van der Waals surface area contributed by atoms with E-state index in [1.807, 2.05) is 0 Å². The maximum absolute atomic E-state index is 12.7. The molecule has 0 saturated carbocycles. The zero-order valence-electron chi connectivity index (χ0n) is 14.2. The van der Waals surface area contributed by atoms with Crippen LogP contribution in [0.25, 0.3) is 0 Å². The average molecular weight is 401 g/mol. The van der Waals surface area contributed by atoms with Crippen molar-refractivity contribution >= 4 is 33.6 Å². The largest absolute Gasteiger partial charge is 0.334 e. The van der Waals surface area contributed by atoms with Crippen LogP contribution in [0.2, 0.25) is 5.02 Å². The summed E-state index contributed by atoms with van der Waals surface area (Å²) in [6.45, 7) is 4.98. The molecule has 0 radical (unpaired) electrons. The third kappa shape index (κ3) is 5.28. The van der Waals surface area contributed by atoms with E-state index in [9.17, 15) is 18.0 Å². The van der Waals surface area contributed by atoms with Gasteiger partial charge in [0.05, 0.1) is 11.6 Å². The van der Waals surface area contributed by atoms with Gasteiger partial charge in [-0.25, -0.2) is 13.2 Å². The number of nitrogens with one attached hydrogen (secondary N) is 2. The average Bonchev–Trinajstić information content (AvgIpc) is 2.60. The monoisotopic (exact) mass is 400 g/mol. The van der Waals surface area contributed by atoms with Crippen molar-refractivity contribution in [1.82, 2.24) is 19.8 Å². The van der Waals surface area contributed by atoms with Gasteiger partial charge in [-0.15, -0.1) is 6.58 Å². The Balaban J connectivity index is 1.87. The van der Waals surface area contributed by atoms with Gasteiger partial charge in [-0.05, 0) is 12.1 Å². The zero-order valence-corrected chi connectivity index (χ0v) is 15.7. The van der Waals surface area contributed by atoms with E-state index in [1.54, 1.807) is 17.0 Å². The number of rotatable bonds is 6. The van der Waals surface area contributed by atoms with Gasteiger partial charge in [0.15, 0.2) is 0 Å². The van der Waals surface area contributed by atoms with Crippen LogP contribution in [-0.4, -0.2) is 68.8 Å². The molecule has 1 saturated heterocycles. The number of imide groups is 1. The molecule has 142 valence electrons. The molecule has 0 spiro atoms. The Kier molecular flexibility index (Phi) is 7.15. The Bertz CT molecular complexity index is 776. The van der Waals surface area contributed by atoms with Crippen LogP contribution in [0.3, 0.4) is 0 Å². The number of carbonyl (C=O) groups excluding carboxylic acids is 2. The fourth-order valence-electron chi connectivity index (χ4n) is 2.50. The number of hydrogen-bond donors (Lipinski definition) is 2. The van der Waals surface area contributed by atoms with Crippen LogP contribution >= 0.6 is 11.6 Å².